The standard InChI is InChI=1S/C9H7FN4/c10-9-3-1-2-8(4-9)5-13-14-6-11-12-7-14/h1-7H. The molecule has 14 heavy (non-hydrogen) atoms. The minimum atomic E-state index is -0.280. The smallest absolute Gasteiger partial charge is 0.141 e. The van der Waals surface area contributed by atoms with Gasteiger partial charge in [-0.05, 0) is 17.7 Å². The van der Waals surface area contributed by atoms with Crippen LogP contribution in [0.1, 0.15) is 5.56 Å². The van der Waals surface area contributed by atoms with E-state index < -0.39 is 0 Å². The zero-order valence-corrected chi connectivity index (χ0v) is 7.21. The number of rotatable bonds is 2. The van der Waals surface area contributed by atoms with Crippen molar-refractivity contribution < 1.29 is 4.39 Å². The predicted molar refractivity (Wildman–Crippen MR) is 49.4 cm³/mol. The van der Waals surface area contributed by atoms with Gasteiger partial charge in [-0.3, -0.25) is 0 Å². The number of benzene rings is 1. The topological polar surface area (TPSA) is 43.1 Å². The van der Waals surface area contributed by atoms with Crippen molar-refractivity contribution in [3.05, 3.63) is 48.3 Å². The second-order valence-electron chi connectivity index (χ2n) is 2.64. The van der Waals surface area contributed by atoms with Gasteiger partial charge in [-0.15, -0.1) is 10.2 Å². The second kappa shape index (κ2) is 3.78. The Labute approximate surface area is 79.7 Å². The van der Waals surface area contributed by atoms with Gasteiger partial charge in [-0.1, -0.05) is 12.1 Å². The molecule has 0 amide bonds. The molecule has 70 valence electrons. The van der Waals surface area contributed by atoms with Crippen molar-refractivity contribution >= 4 is 6.21 Å². The summed E-state index contributed by atoms with van der Waals surface area (Å²) in [6.07, 6.45) is 4.44. The average molecular weight is 190 g/mol. The highest BCUT2D eigenvalue weighted by molar-refractivity contribution is 5.79. The van der Waals surface area contributed by atoms with E-state index >= 15 is 0 Å². The van der Waals surface area contributed by atoms with Crippen molar-refractivity contribution in [1.29, 1.82) is 0 Å². The van der Waals surface area contributed by atoms with Crippen LogP contribution in [0.4, 0.5) is 4.39 Å². The van der Waals surface area contributed by atoms with Crippen molar-refractivity contribution in [3.8, 4) is 0 Å². The van der Waals surface area contributed by atoms with Crippen LogP contribution < -0.4 is 0 Å². The predicted octanol–water partition coefficient (Wildman–Crippen LogP) is 1.30. The molecule has 1 aromatic carbocycles. The molecular formula is C9H7FN4. The Morgan fingerprint density at radius 3 is 2.79 bits per heavy atom. The van der Waals surface area contributed by atoms with Gasteiger partial charge in [0.25, 0.3) is 0 Å². The Balaban J connectivity index is 2.18. The van der Waals surface area contributed by atoms with Gasteiger partial charge in [0.15, 0.2) is 0 Å². The molecule has 2 aromatic rings. The molecule has 0 N–H and O–H groups in total. The molecule has 5 heteroatoms. The van der Waals surface area contributed by atoms with Crippen LogP contribution in [0.2, 0.25) is 0 Å². The summed E-state index contributed by atoms with van der Waals surface area (Å²) in [5, 5.41) is 11.1. The number of hydrogen-bond acceptors (Lipinski definition) is 3. The maximum atomic E-state index is 12.7. The fourth-order valence-corrected chi connectivity index (χ4v) is 0.975. The largest absolute Gasteiger partial charge is 0.208 e. The molecule has 0 radical (unpaired) electrons. The number of aromatic nitrogens is 3. The fourth-order valence-electron chi connectivity index (χ4n) is 0.975. The molecular weight excluding hydrogens is 183 g/mol. The highest BCUT2D eigenvalue weighted by atomic mass is 19.1. The average Bonchev–Trinajstić information content (AvgIpc) is 2.67. The zero-order valence-electron chi connectivity index (χ0n) is 7.21. The van der Waals surface area contributed by atoms with E-state index in [9.17, 15) is 4.39 Å². The van der Waals surface area contributed by atoms with Gasteiger partial charge in [0.1, 0.15) is 18.5 Å². The van der Waals surface area contributed by atoms with E-state index in [4.69, 9.17) is 0 Å². The molecule has 0 bridgehead atoms. The lowest BCUT2D eigenvalue weighted by Crippen LogP contribution is -1.87. The van der Waals surface area contributed by atoms with E-state index in [2.05, 4.69) is 15.3 Å². The quantitative estimate of drug-likeness (QED) is 0.670. The van der Waals surface area contributed by atoms with Crippen molar-refractivity contribution in [1.82, 2.24) is 14.9 Å². The van der Waals surface area contributed by atoms with Crippen molar-refractivity contribution in [2.24, 2.45) is 5.10 Å². The molecule has 0 saturated carbocycles. The third-order valence-electron chi connectivity index (χ3n) is 1.60. The minimum Gasteiger partial charge on any atom is -0.208 e. The molecule has 1 heterocycles. The Morgan fingerprint density at radius 1 is 1.29 bits per heavy atom. The molecule has 0 aliphatic heterocycles. The van der Waals surface area contributed by atoms with Crippen LogP contribution in [0.25, 0.3) is 0 Å². The maximum absolute atomic E-state index is 12.7. The van der Waals surface area contributed by atoms with Crippen LogP contribution in [-0.2, 0) is 0 Å². The summed E-state index contributed by atoms with van der Waals surface area (Å²) in [6, 6.07) is 6.17. The number of halogens is 1. The fraction of sp³-hybridized carbons (Fsp3) is 0. The monoisotopic (exact) mass is 190 g/mol. The van der Waals surface area contributed by atoms with Crippen molar-refractivity contribution in [2.45, 2.75) is 0 Å². The van der Waals surface area contributed by atoms with E-state index in [0.717, 1.165) is 0 Å². The van der Waals surface area contributed by atoms with Gasteiger partial charge in [0.2, 0.25) is 0 Å². The summed E-state index contributed by atoms with van der Waals surface area (Å²) in [5.41, 5.74) is 0.693. The first-order valence-corrected chi connectivity index (χ1v) is 3.99. The number of nitrogens with zero attached hydrogens (tertiary/aromatic N) is 4. The van der Waals surface area contributed by atoms with E-state index in [1.807, 2.05) is 0 Å². The molecule has 0 aliphatic rings. The molecule has 0 fully saturated rings. The first kappa shape index (κ1) is 8.55. The number of hydrogen-bond donors (Lipinski definition) is 0. The van der Waals surface area contributed by atoms with Gasteiger partial charge < -0.3 is 0 Å². The van der Waals surface area contributed by atoms with E-state index in [1.165, 1.54) is 35.7 Å². The molecule has 0 unspecified atom stereocenters. The van der Waals surface area contributed by atoms with E-state index in [-0.39, 0.29) is 5.82 Å². The van der Waals surface area contributed by atoms with Crippen LogP contribution in [0.15, 0.2) is 42.0 Å². The zero-order chi connectivity index (χ0) is 9.80. The van der Waals surface area contributed by atoms with Gasteiger partial charge in [-0.25, -0.2) is 9.07 Å². The summed E-state index contributed by atoms with van der Waals surface area (Å²) in [7, 11) is 0. The third-order valence-corrected chi connectivity index (χ3v) is 1.60. The maximum Gasteiger partial charge on any atom is 0.141 e. The van der Waals surface area contributed by atoms with Crippen LogP contribution in [-0.4, -0.2) is 21.1 Å². The summed E-state index contributed by atoms with van der Waals surface area (Å²) in [5.74, 6) is -0.280. The third kappa shape index (κ3) is 2.01. The van der Waals surface area contributed by atoms with Gasteiger partial charge in [0, 0.05) is 0 Å². The SMILES string of the molecule is Fc1cccc(C=Nn2cnnc2)c1. The molecule has 0 atom stereocenters. The lowest BCUT2D eigenvalue weighted by Gasteiger charge is -1.92. The highest BCUT2D eigenvalue weighted by Crippen LogP contribution is 2.00. The van der Waals surface area contributed by atoms with Crippen molar-refractivity contribution in [2.75, 3.05) is 0 Å². The highest BCUT2D eigenvalue weighted by Gasteiger charge is 1.90. The lowest BCUT2D eigenvalue weighted by atomic mass is 10.2. The molecule has 0 spiro atoms. The normalized spacial score (nSPS) is 10.9. The Bertz CT molecular complexity index is 436. The van der Waals surface area contributed by atoms with Crippen LogP contribution >= 0.6 is 0 Å². The van der Waals surface area contributed by atoms with Crippen molar-refractivity contribution in [3.63, 3.8) is 0 Å². The van der Waals surface area contributed by atoms with E-state index in [1.54, 1.807) is 12.1 Å². The van der Waals surface area contributed by atoms with Gasteiger partial charge in [0.05, 0.1) is 6.21 Å². The summed E-state index contributed by atoms with van der Waals surface area (Å²) < 4.78 is 14.2. The Kier molecular flexibility index (Phi) is 2.31. The Hall–Kier alpha value is -2.04. The molecule has 2 rings (SSSR count). The first-order chi connectivity index (χ1) is 6.84. The lowest BCUT2D eigenvalue weighted by molar-refractivity contribution is 0.627. The van der Waals surface area contributed by atoms with Gasteiger partial charge >= 0.3 is 0 Å². The van der Waals surface area contributed by atoms with Crippen LogP contribution in [0.5, 0.6) is 0 Å². The van der Waals surface area contributed by atoms with E-state index in [0.29, 0.717) is 5.56 Å². The van der Waals surface area contributed by atoms with Crippen LogP contribution in [0, 0.1) is 5.82 Å². The van der Waals surface area contributed by atoms with Crippen LogP contribution in [0.3, 0.4) is 0 Å². The summed E-state index contributed by atoms with van der Waals surface area (Å²) >= 11 is 0. The Morgan fingerprint density at radius 2 is 2.07 bits per heavy atom. The summed E-state index contributed by atoms with van der Waals surface area (Å²) in [6.45, 7) is 0. The molecule has 0 saturated heterocycles. The first-order valence-electron chi connectivity index (χ1n) is 3.99. The summed E-state index contributed by atoms with van der Waals surface area (Å²) in [4.78, 5) is 0. The van der Waals surface area contributed by atoms with Gasteiger partial charge in [-0.2, -0.15) is 5.10 Å². The second-order valence-corrected chi connectivity index (χ2v) is 2.64. The minimum absolute atomic E-state index is 0.280. The molecule has 1 aromatic heterocycles. The molecule has 4 nitrogen and oxygen atoms in total. The molecule has 0 aliphatic carbocycles.